The van der Waals surface area contributed by atoms with Crippen molar-refractivity contribution >= 4 is 27.2 Å². The van der Waals surface area contributed by atoms with E-state index in [9.17, 15) is 18.0 Å². The molecular weight excluding hydrogens is 337 g/mol. The minimum absolute atomic E-state index is 0.137. The molecule has 1 fully saturated rings. The van der Waals surface area contributed by atoms with Crippen molar-refractivity contribution in [3.63, 3.8) is 0 Å². The Labute approximate surface area is 120 Å². The summed E-state index contributed by atoms with van der Waals surface area (Å²) in [5.41, 5.74) is -0.315. The van der Waals surface area contributed by atoms with Crippen molar-refractivity contribution in [1.82, 2.24) is 9.38 Å². The topological polar surface area (TPSA) is 34.4 Å². The van der Waals surface area contributed by atoms with E-state index in [2.05, 4.69) is 20.9 Å². The summed E-state index contributed by atoms with van der Waals surface area (Å²) in [4.78, 5) is 15.5. The van der Waals surface area contributed by atoms with Gasteiger partial charge in [-0.05, 0) is 25.0 Å². The third-order valence-electron chi connectivity index (χ3n) is 3.58. The summed E-state index contributed by atoms with van der Waals surface area (Å²) in [6.07, 6.45) is -0.427. The van der Waals surface area contributed by atoms with E-state index in [0.717, 1.165) is 19.3 Å². The van der Waals surface area contributed by atoms with Crippen LogP contribution in [0.2, 0.25) is 0 Å². The molecule has 1 saturated carbocycles. The predicted octanol–water partition coefficient (Wildman–Crippen LogP) is 4.11. The molecule has 2 aromatic rings. The number of carbonyl (C=O) groups excluding carboxylic acids is 1. The molecule has 7 heteroatoms. The summed E-state index contributed by atoms with van der Waals surface area (Å²) in [7, 11) is 0. The number of alkyl halides is 3. The van der Waals surface area contributed by atoms with Crippen LogP contribution >= 0.6 is 15.9 Å². The van der Waals surface area contributed by atoms with Gasteiger partial charge in [0.2, 0.25) is 0 Å². The van der Waals surface area contributed by atoms with Gasteiger partial charge in [0.05, 0.1) is 5.52 Å². The van der Waals surface area contributed by atoms with E-state index >= 15 is 0 Å². The number of hydrogen-bond donors (Lipinski definition) is 0. The number of hydrogen-bond acceptors (Lipinski definition) is 2. The molecule has 2 heterocycles. The first-order valence-electron chi connectivity index (χ1n) is 6.17. The summed E-state index contributed by atoms with van der Waals surface area (Å²) >= 11 is 3.21. The molecule has 3 nitrogen and oxygen atoms in total. The molecule has 0 spiro atoms. The largest absolute Gasteiger partial charge is 0.456 e. The summed E-state index contributed by atoms with van der Waals surface area (Å²) in [5, 5.41) is 0. The molecule has 0 N–H and O–H groups in total. The lowest BCUT2D eigenvalue weighted by Gasteiger charge is -2.23. The van der Waals surface area contributed by atoms with E-state index in [1.807, 2.05) is 0 Å². The predicted molar refractivity (Wildman–Crippen MR) is 69.9 cm³/mol. The third-order valence-corrected chi connectivity index (χ3v) is 4.07. The van der Waals surface area contributed by atoms with Crippen molar-refractivity contribution in [2.75, 3.05) is 0 Å². The van der Waals surface area contributed by atoms with Crippen molar-refractivity contribution in [2.24, 2.45) is 0 Å². The molecule has 0 bridgehead atoms. The summed E-state index contributed by atoms with van der Waals surface area (Å²) in [6, 6.07) is 3.22. The zero-order chi connectivity index (χ0) is 14.5. The summed E-state index contributed by atoms with van der Waals surface area (Å²) in [6.45, 7) is 0. The first-order valence-corrected chi connectivity index (χ1v) is 6.96. The van der Waals surface area contributed by atoms with Crippen molar-refractivity contribution in [3.8, 4) is 0 Å². The minimum Gasteiger partial charge on any atom is -0.303 e. The molecule has 0 radical (unpaired) electrons. The molecular formula is C13H10BrF3N2O. The van der Waals surface area contributed by atoms with Crippen LogP contribution in [0.25, 0.3) is 5.52 Å². The Morgan fingerprint density at radius 1 is 1.40 bits per heavy atom. The fourth-order valence-electron chi connectivity index (χ4n) is 2.34. The zero-order valence-electron chi connectivity index (χ0n) is 10.2. The highest BCUT2D eigenvalue weighted by molar-refractivity contribution is 9.10. The van der Waals surface area contributed by atoms with Crippen molar-refractivity contribution < 1.29 is 18.0 Å². The number of fused-ring (bicyclic) bond motifs is 1. The van der Waals surface area contributed by atoms with Gasteiger partial charge < -0.3 is 4.40 Å². The van der Waals surface area contributed by atoms with Crippen LogP contribution in [0, 0.1) is 0 Å². The van der Waals surface area contributed by atoms with Gasteiger partial charge in [-0.2, -0.15) is 13.2 Å². The molecule has 0 atom stereocenters. The van der Waals surface area contributed by atoms with Gasteiger partial charge in [-0.25, -0.2) is 4.98 Å². The monoisotopic (exact) mass is 346 g/mol. The lowest BCUT2D eigenvalue weighted by atomic mass is 9.85. The first kappa shape index (κ1) is 13.6. The van der Waals surface area contributed by atoms with Crippen molar-refractivity contribution in [1.29, 1.82) is 0 Å². The number of halogens is 4. The molecule has 1 aliphatic rings. The Morgan fingerprint density at radius 3 is 2.65 bits per heavy atom. The van der Waals surface area contributed by atoms with Crippen LogP contribution in [0.4, 0.5) is 13.2 Å². The van der Waals surface area contributed by atoms with Gasteiger partial charge in [0, 0.05) is 16.6 Å². The van der Waals surface area contributed by atoms with Crippen LogP contribution in [-0.4, -0.2) is 21.3 Å². The number of carbonyl (C=O) groups is 1. The van der Waals surface area contributed by atoms with Gasteiger partial charge in [-0.15, -0.1) is 0 Å². The number of rotatable bonds is 2. The van der Waals surface area contributed by atoms with Gasteiger partial charge in [0.1, 0.15) is 11.5 Å². The molecule has 0 amide bonds. The van der Waals surface area contributed by atoms with Gasteiger partial charge >= 0.3 is 6.18 Å². The molecule has 3 rings (SSSR count). The lowest BCUT2D eigenvalue weighted by molar-refractivity contribution is -0.0887. The number of aromatic nitrogens is 2. The molecule has 0 aliphatic heterocycles. The van der Waals surface area contributed by atoms with Gasteiger partial charge in [0.25, 0.3) is 5.78 Å². The Morgan fingerprint density at radius 2 is 2.10 bits per heavy atom. The van der Waals surface area contributed by atoms with Gasteiger partial charge in [0.15, 0.2) is 0 Å². The quantitative estimate of drug-likeness (QED) is 0.767. The number of ketones is 1. The van der Waals surface area contributed by atoms with Crippen LogP contribution in [0.5, 0.6) is 0 Å². The standard InChI is InChI=1S/C13H10BrF3N2O/c14-8-4-5-19-9(6-8)10(11(20)13(15,16)17)18-12(19)7-2-1-3-7/h4-7H,1-3H2. The SMILES string of the molecule is O=C(c1nc(C2CCC2)n2ccc(Br)cc12)C(F)(F)F. The van der Waals surface area contributed by atoms with Crippen LogP contribution in [0.15, 0.2) is 22.8 Å². The maximum absolute atomic E-state index is 12.7. The minimum atomic E-state index is -4.91. The van der Waals surface area contributed by atoms with Crippen LogP contribution in [0.3, 0.4) is 0 Å². The first-order chi connectivity index (χ1) is 9.38. The maximum Gasteiger partial charge on any atom is 0.456 e. The average molecular weight is 347 g/mol. The Kier molecular flexibility index (Phi) is 3.12. The summed E-state index contributed by atoms with van der Waals surface area (Å²) < 4.78 is 40.2. The fourth-order valence-corrected chi connectivity index (χ4v) is 2.67. The second-order valence-electron chi connectivity index (χ2n) is 4.87. The molecule has 1 aliphatic carbocycles. The molecule has 0 aromatic carbocycles. The number of Topliss-reactive ketones (excluding diaryl/α,β-unsaturated/α-hetero) is 1. The van der Waals surface area contributed by atoms with E-state index in [4.69, 9.17) is 0 Å². The molecule has 106 valence electrons. The number of pyridine rings is 1. The van der Waals surface area contributed by atoms with E-state index in [1.54, 1.807) is 16.7 Å². The highest BCUT2D eigenvalue weighted by Crippen LogP contribution is 2.37. The summed E-state index contributed by atoms with van der Waals surface area (Å²) in [5.74, 6) is -1.21. The second kappa shape index (κ2) is 4.58. The van der Waals surface area contributed by atoms with E-state index in [0.29, 0.717) is 10.3 Å². The Bertz CT molecular complexity index is 689. The smallest absolute Gasteiger partial charge is 0.303 e. The molecule has 20 heavy (non-hydrogen) atoms. The van der Waals surface area contributed by atoms with Crippen molar-refractivity contribution in [3.05, 3.63) is 34.3 Å². The molecule has 0 unspecified atom stereocenters. The Hall–Kier alpha value is -1.37. The van der Waals surface area contributed by atoms with Gasteiger partial charge in [-0.1, -0.05) is 22.4 Å². The fraction of sp³-hybridized carbons (Fsp3) is 0.385. The van der Waals surface area contributed by atoms with E-state index in [1.165, 1.54) is 6.07 Å². The maximum atomic E-state index is 12.7. The van der Waals surface area contributed by atoms with Crippen LogP contribution in [0.1, 0.15) is 41.5 Å². The zero-order valence-corrected chi connectivity index (χ0v) is 11.8. The van der Waals surface area contributed by atoms with E-state index in [-0.39, 0.29) is 11.4 Å². The Balaban J connectivity index is 2.20. The van der Waals surface area contributed by atoms with Crippen molar-refractivity contribution in [2.45, 2.75) is 31.4 Å². The van der Waals surface area contributed by atoms with Crippen LogP contribution in [-0.2, 0) is 0 Å². The average Bonchev–Trinajstić information content (AvgIpc) is 2.63. The third kappa shape index (κ3) is 2.13. The normalized spacial score (nSPS) is 16.4. The molecule has 0 saturated heterocycles. The van der Waals surface area contributed by atoms with Gasteiger partial charge in [-0.3, -0.25) is 4.79 Å². The molecule has 2 aromatic heterocycles. The number of imidazole rings is 1. The van der Waals surface area contributed by atoms with E-state index < -0.39 is 17.7 Å². The highest BCUT2D eigenvalue weighted by Gasteiger charge is 2.42. The number of nitrogens with zero attached hydrogens (tertiary/aromatic N) is 2. The van der Waals surface area contributed by atoms with Crippen LogP contribution < -0.4 is 0 Å². The lowest BCUT2D eigenvalue weighted by Crippen LogP contribution is -2.23. The second-order valence-corrected chi connectivity index (χ2v) is 5.79. The highest BCUT2D eigenvalue weighted by atomic mass is 79.9.